The lowest BCUT2D eigenvalue weighted by Gasteiger charge is -2.07. The smallest absolute Gasteiger partial charge is 0.338 e. The Labute approximate surface area is 130 Å². The number of primary sulfonamides is 1. The van der Waals surface area contributed by atoms with Crippen LogP contribution in [0.1, 0.15) is 15.9 Å². The van der Waals surface area contributed by atoms with Gasteiger partial charge in [-0.3, -0.25) is 0 Å². The lowest BCUT2D eigenvalue weighted by molar-refractivity contribution is 0.0472. The number of benzene rings is 2. The van der Waals surface area contributed by atoms with E-state index < -0.39 is 16.0 Å². The summed E-state index contributed by atoms with van der Waals surface area (Å²) in [6.07, 6.45) is 0. The summed E-state index contributed by atoms with van der Waals surface area (Å²) in [6.45, 7) is 0.122. The van der Waals surface area contributed by atoms with Gasteiger partial charge in [0.1, 0.15) is 6.61 Å². The molecule has 7 heteroatoms. The van der Waals surface area contributed by atoms with Crippen LogP contribution >= 0.6 is 15.9 Å². The van der Waals surface area contributed by atoms with Crippen molar-refractivity contribution in [1.82, 2.24) is 0 Å². The molecule has 2 aromatic rings. The van der Waals surface area contributed by atoms with Gasteiger partial charge >= 0.3 is 5.97 Å². The zero-order chi connectivity index (χ0) is 15.5. The van der Waals surface area contributed by atoms with Gasteiger partial charge in [0.25, 0.3) is 0 Å². The molecule has 0 bridgehead atoms. The first kappa shape index (κ1) is 15.7. The van der Waals surface area contributed by atoms with Crippen molar-refractivity contribution < 1.29 is 17.9 Å². The highest BCUT2D eigenvalue weighted by molar-refractivity contribution is 9.10. The number of hydrogen-bond donors (Lipinski definition) is 1. The number of esters is 1. The number of nitrogens with two attached hydrogens (primary N) is 1. The van der Waals surface area contributed by atoms with E-state index in [9.17, 15) is 13.2 Å². The van der Waals surface area contributed by atoms with E-state index in [1.165, 1.54) is 24.3 Å². The van der Waals surface area contributed by atoms with Crippen molar-refractivity contribution in [3.8, 4) is 0 Å². The topological polar surface area (TPSA) is 86.5 Å². The Morgan fingerprint density at radius 1 is 1.10 bits per heavy atom. The molecule has 0 aromatic heterocycles. The fourth-order valence-corrected chi connectivity index (χ4v) is 2.54. The van der Waals surface area contributed by atoms with Crippen LogP contribution in [0.25, 0.3) is 0 Å². The molecule has 0 atom stereocenters. The van der Waals surface area contributed by atoms with E-state index in [0.29, 0.717) is 0 Å². The minimum atomic E-state index is -3.76. The first-order chi connectivity index (χ1) is 9.88. The third kappa shape index (κ3) is 4.13. The minimum absolute atomic E-state index is 0.0511. The molecule has 110 valence electrons. The molecule has 0 aliphatic rings. The van der Waals surface area contributed by atoms with Crippen molar-refractivity contribution in [2.45, 2.75) is 11.5 Å². The molecule has 5 nitrogen and oxygen atoms in total. The average molecular weight is 370 g/mol. The summed E-state index contributed by atoms with van der Waals surface area (Å²) < 4.78 is 28.3. The Kier molecular flexibility index (Phi) is 4.76. The Balaban J connectivity index is 2.06. The maximum Gasteiger partial charge on any atom is 0.338 e. The van der Waals surface area contributed by atoms with E-state index in [1.807, 2.05) is 24.3 Å². The largest absolute Gasteiger partial charge is 0.457 e. The van der Waals surface area contributed by atoms with Gasteiger partial charge in [-0.05, 0) is 30.3 Å². The van der Waals surface area contributed by atoms with E-state index in [4.69, 9.17) is 9.88 Å². The SMILES string of the molecule is NS(=O)(=O)c1ccc(C(=O)OCc2ccccc2Br)cc1. The molecular formula is C14H12BrNO4S. The maximum atomic E-state index is 11.9. The molecule has 2 N–H and O–H groups in total. The van der Waals surface area contributed by atoms with Gasteiger partial charge in [-0.15, -0.1) is 0 Å². The maximum absolute atomic E-state index is 11.9. The van der Waals surface area contributed by atoms with Crippen LogP contribution in [0.15, 0.2) is 57.9 Å². The summed E-state index contributed by atoms with van der Waals surface area (Å²) in [6, 6.07) is 12.7. The molecule has 2 rings (SSSR count). The van der Waals surface area contributed by atoms with Gasteiger partial charge in [0.2, 0.25) is 10.0 Å². The first-order valence-electron chi connectivity index (χ1n) is 5.91. The Morgan fingerprint density at radius 3 is 2.29 bits per heavy atom. The molecule has 0 radical (unpaired) electrons. The number of sulfonamides is 1. The third-order valence-corrected chi connectivity index (χ3v) is 4.44. The highest BCUT2D eigenvalue weighted by Crippen LogP contribution is 2.17. The summed E-state index contributed by atoms with van der Waals surface area (Å²) in [5, 5.41) is 4.99. The van der Waals surface area contributed by atoms with Crippen LogP contribution in [0.3, 0.4) is 0 Å². The summed E-state index contributed by atoms with van der Waals surface area (Å²) in [7, 11) is -3.76. The van der Waals surface area contributed by atoms with Crippen LogP contribution < -0.4 is 5.14 Å². The van der Waals surface area contributed by atoms with Crippen molar-refractivity contribution in [3.63, 3.8) is 0 Å². The number of ether oxygens (including phenoxy) is 1. The first-order valence-corrected chi connectivity index (χ1v) is 8.25. The molecule has 0 spiro atoms. The van der Waals surface area contributed by atoms with Gasteiger partial charge in [-0.2, -0.15) is 0 Å². The van der Waals surface area contributed by atoms with Crippen molar-refractivity contribution >= 4 is 31.9 Å². The summed E-state index contributed by atoms with van der Waals surface area (Å²) in [4.78, 5) is 11.8. The van der Waals surface area contributed by atoms with Crippen molar-refractivity contribution in [1.29, 1.82) is 0 Å². The highest BCUT2D eigenvalue weighted by atomic mass is 79.9. The number of halogens is 1. The van der Waals surface area contributed by atoms with Crippen LogP contribution in [-0.2, 0) is 21.4 Å². The summed E-state index contributed by atoms with van der Waals surface area (Å²) in [5.41, 5.74) is 1.10. The number of hydrogen-bond acceptors (Lipinski definition) is 4. The second-order valence-electron chi connectivity index (χ2n) is 4.24. The number of carbonyl (C=O) groups is 1. The normalized spacial score (nSPS) is 11.1. The second-order valence-corrected chi connectivity index (χ2v) is 6.65. The second kappa shape index (κ2) is 6.38. The van der Waals surface area contributed by atoms with E-state index in [0.717, 1.165) is 10.0 Å². The molecule has 0 fully saturated rings. The quantitative estimate of drug-likeness (QED) is 0.838. The molecule has 0 aliphatic carbocycles. The summed E-state index contributed by atoms with van der Waals surface area (Å²) in [5.74, 6) is -0.535. The fraction of sp³-hybridized carbons (Fsp3) is 0.0714. The molecule has 0 saturated heterocycles. The molecule has 21 heavy (non-hydrogen) atoms. The zero-order valence-corrected chi connectivity index (χ0v) is 13.2. The minimum Gasteiger partial charge on any atom is -0.457 e. The van der Waals surface area contributed by atoms with Gasteiger partial charge in [-0.1, -0.05) is 34.1 Å². The fourth-order valence-electron chi connectivity index (χ4n) is 1.62. The lowest BCUT2D eigenvalue weighted by Crippen LogP contribution is -2.12. The van der Waals surface area contributed by atoms with Crippen LogP contribution in [0, 0.1) is 0 Å². The van der Waals surface area contributed by atoms with Crippen LogP contribution in [0.5, 0.6) is 0 Å². The molecule has 0 unspecified atom stereocenters. The highest BCUT2D eigenvalue weighted by Gasteiger charge is 2.11. The van der Waals surface area contributed by atoms with Gasteiger partial charge in [-0.25, -0.2) is 18.4 Å². The summed E-state index contributed by atoms with van der Waals surface area (Å²) >= 11 is 3.36. The van der Waals surface area contributed by atoms with Gasteiger partial charge in [0.15, 0.2) is 0 Å². The molecule has 0 saturated carbocycles. The zero-order valence-electron chi connectivity index (χ0n) is 10.8. The van der Waals surface area contributed by atoms with Crippen LogP contribution in [0.4, 0.5) is 0 Å². The van der Waals surface area contributed by atoms with E-state index >= 15 is 0 Å². The number of carbonyl (C=O) groups excluding carboxylic acids is 1. The predicted molar refractivity (Wildman–Crippen MR) is 81.1 cm³/mol. The standard InChI is InChI=1S/C14H12BrNO4S/c15-13-4-2-1-3-11(13)9-20-14(17)10-5-7-12(8-6-10)21(16,18)19/h1-8H,9H2,(H2,16,18,19). The van der Waals surface area contributed by atoms with E-state index in [-0.39, 0.29) is 17.1 Å². The predicted octanol–water partition coefficient (Wildman–Crippen LogP) is 2.45. The molecular weight excluding hydrogens is 358 g/mol. The number of rotatable bonds is 4. The van der Waals surface area contributed by atoms with Crippen LogP contribution in [0.2, 0.25) is 0 Å². The van der Waals surface area contributed by atoms with Crippen molar-refractivity contribution in [2.24, 2.45) is 5.14 Å². The van der Waals surface area contributed by atoms with Gasteiger partial charge in [0.05, 0.1) is 10.5 Å². The Morgan fingerprint density at radius 2 is 1.71 bits per heavy atom. The molecule has 0 heterocycles. The Bertz CT molecular complexity index is 757. The van der Waals surface area contributed by atoms with Gasteiger partial charge in [0, 0.05) is 10.0 Å². The Hall–Kier alpha value is -1.70. The van der Waals surface area contributed by atoms with Crippen molar-refractivity contribution in [2.75, 3.05) is 0 Å². The van der Waals surface area contributed by atoms with Crippen molar-refractivity contribution in [3.05, 3.63) is 64.1 Å². The van der Waals surface area contributed by atoms with Crippen LogP contribution in [-0.4, -0.2) is 14.4 Å². The van der Waals surface area contributed by atoms with Gasteiger partial charge < -0.3 is 4.74 Å². The monoisotopic (exact) mass is 369 g/mol. The molecule has 0 amide bonds. The van der Waals surface area contributed by atoms with E-state index in [2.05, 4.69) is 15.9 Å². The average Bonchev–Trinajstić information content (AvgIpc) is 2.45. The third-order valence-electron chi connectivity index (χ3n) is 2.74. The van der Waals surface area contributed by atoms with E-state index in [1.54, 1.807) is 0 Å². The molecule has 0 aliphatic heterocycles. The lowest BCUT2D eigenvalue weighted by atomic mass is 10.2. The molecule has 2 aromatic carbocycles.